The first-order valence-electron chi connectivity index (χ1n) is 6.34. The second kappa shape index (κ2) is 6.86. The lowest BCUT2D eigenvalue weighted by molar-refractivity contribution is -0.138. The first-order chi connectivity index (χ1) is 7.69. The van der Waals surface area contributed by atoms with Crippen molar-refractivity contribution in [1.82, 2.24) is 4.90 Å². The topological polar surface area (TPSA) is 55.6 Å². The smallest absolute Gasteiger partial charge is 0.248 e. The van der Waals surface area contributed by atoms with Crippen LogP contribution < -0.4 is 5.73 Å². The van der Waals surface area contributed by atoms with Crippen LogP contribution in [-0.4, -0.2) is 42.6 Å². The molecule has 2 atom stereocenters. The van der Waals surface area contributed by atoms with E-state index in [4.69, 9.17) is 10.5 Å². The van der Waals surface area contributed by atoms with E-state index in [1.165, 1.54) is 6.42 Å². The normalized spacial score (nSPS) is 25.4. The number of ether oxygens (including phenoxy) is 1. The molecule has 0 aromatic carbocycles. The summed E-state index contributed by atoms with van der Waals surface area (Å²) in [5, 5.41) is 0. The average Bonchev–Trinajstić information content (AvgIpc) is 2.29. The average molecular weight is 228 g/mol. The SMILES string of the molecule is CCN(CC)C(=O)COC1CCCCC1N. The molecule has 1 aliphatic carbocycles. The van der Waals surface area contributed by atoms with Crippen molar-refractivity contribution in [2.24, 2.45) is 5.73 Å². The van der Waals surface area contributed by atoms with Crippen molar-refractivity contribution in [1.29, 1.82) is 0 Å². The van der Waals surface area contributed by atoms with Gasteiger partial charge in [0, 0.05) is 19.1 Å². The number of nitrogens with zero attached hydrogens (tertiary/aromatic N) is 1. The lowest BCUT2D eigenvalue weighted by Crippen LogP contribution is -2.42. The van der Waals surface area contributed by atoms with Crippen LogP contribution in [-0.2, 0) is 9.53 Å². The van der Waals surface area contributed by atoms with E-state index in [1.807, 2.05) is 13.8 Å². The van der Waals surface area contributed by atoms with E-state index in [-0.39, 0.29) is 24.7 Å². The van der Waals surface area contributed by atoms with Crippen molar-refractivity contribution >= 4 is 5.91 Å². The number of amides is 1. The van der Waals surface area contributed by atoms with Gasteiger partial charge in [0.05, 0.1) is 6.10 Å². The molecule has 1 rings (SSSR count). The largest absolute Gasteiger partial charge is 0.367 e. The van der Waals surface area contributed by atoms with Crippen molar-refractivity contribution in [3.8, 4) is 0 Å². The highest BCUT2D eigenvalue weighted by atomic mass is 16.5. The van der Waals surface area contributed by atoms with E-state index in [2.05, 4.69) is 0 Å². The Bertz CT molecular complexity index is 217. The van der Waals surface area contributed by atoms with Gasteiger partial charge in [0.1, 0.15) is 6.61 Å². The molecule has 0 aromatic heterocycles. The van der Waals surface area contributed by atoms with Gasteiger partial charge in [-0.3, -0.25) is 4.79 Å². The summed E-state index contributed by atoms with van der Waals surface area (Å²) in [7, 11) is 0. The molecule has 16 heavy (non-hydrogen) atoms. The number of hydrogen-bond acceptors (Lipinski definition) is 3. The van der Waals surface area contributed by atoms with E-state index in [0.717, 1.165) is 32.4 Å². The Morgan fingerprint density at radius 1 is 1.31 bits per heavy atom. The van der Waals surface area contributed by atoms with Gasteiger partial charge < -0.3 is 15.4 Å². The maximum absolute atomic E-state index is 11.7. The molecule has 94 valence electrons. The van der Waals surface area contributed by atoms with Crippen molar-refractivity contribution in [2.75, 3.05) is 19.7 Å². The first-order valence-corrected chi connectivity index (χ1v) is 6.34. The van der Waals surface area contributed by atoms with E-state index < -0.39 is 0 Å². The van der Waals surface area contributed by atoms with Crippen molar-refractivity contribution < 1.29 is 9.53 Å². The van der Waals surface area contributed by atoms with Crippen LogP contribution >= 0.6 is 0 Å². The summed E-state index contributed by atoms with van der Waals surface area (Å²) in [4.78, 5) is 13.5. The maximum Gasteiger partial charge on any atom is 0.248 e. The van der Waals surface area contributed by atoms with Gasteiger partial charge in [-0.25, -0.2) is 0 Å². The van der Waals surface area contributed by atoms with E-state index in [0.29, 0.717) is 0 Å². The summed E-state index contributed by atoms with van der Waals surface area (Å²) in [6.45, 7) is 5.63. The lowest BCUT2D eigenvalue weighted by Gasteiger charge is -2.29. The van der Waals surface area contributed by atoms with E-state index in [1.54, 1.807) is 4.90 Å². The second-order valence-electron chi connectivity index (χ2n) is 4.36. The zero-order valence-corrected chi connectivity index (χ0v) is 10.4. The second-order valence-corrected chi connectivity index (χ2v) is 4.36. The van der Waals surface area contributed by atoms with Crippen LogP contribution in [0.3, 0.4) is 0 Å². The van der Waals surface area contributed by atoms with Crippen LogP contribution in [0.25, 0.3) is 0 Å². The molecular formula is C12H24N2O2. The lowest BCUT2D eigenvalue weighted by atomic mass is 9.93. The molecule has 4 nitrogen and oxygen atoms in total. The fraction of sp³-hybridized carbons (Fsp3) is 0.917. The highest BCUT2D eigenvalue weighted by Gasteiger charge is 2.23. The third kappa shape index (κ3) is 3.76. The van der Waals surface area contributed by atoms with Gasteiger partial charge in [-0.2, -0.15) is 0 Å². The molecule has 0 aliphatic heterocycles. The summed E-state index contributed by atoms with van der Waals surface area (Å²) in [5.74, 6) is 0.0720. The predicted molar refractivity (Wildman–Crippen MR) is 64.1 cm³/mol. The minimum atomic E-state index is 0.0720. The fourth-order valence-electron chi connectivity index (χ4n) is 2.18. The van der Waals surface area contributed by atoms with Crippen LogP contribution in [0, 0.1) is 0 Å². The molecular weight excluding hydrogens is 204 g/mol. The van der Waals surface area contributed by atoms with E-state index in [9.17, 15) is 4.79 Å². The zero-order chi connectivity index (χ0) is 12.0. The van der Waals surface area contributed by atoms with Gasteiger partial charge in [0.25, 0.3) is 0 Å². The minimum absolute atomic E-state index is 0.0720. The third-order valence-electron chi connectivity index (χ3n) is 3.29. The molecule has 0 spiro atoms. The van der Waals surface area contributed by atoms with Gasteiger partial charge in [-0.15, -0.1) is 0 Å². The highest BCUT2D eigenvalue weighted by Crippen LogP contribution is 2.19. The monoisotopic (exact) mass is 228 g/mol. The summed E-state index contributed by atoms with van der Waals surface area (Å²) < 4.78 is 5.63. The molecule has 2 N–H and O–H groups in total. The molecule has 0 aromatic rings. The summed E-state index contributed by atoms with van der Waals surface area (Å²) in [5.41, 5.74) is 5.96. The van der Waals surface area contributed by atoms with Crippen LogP contribution in [0.4, 0.5) is 0 Å². The van der Waals surface area contributed by atoms with Crippen LogP contribution in [0.1, 0.15) is 39.5 Å². The summed E-state index contributed by atoms with van der Waals surface area (Å²) in [6.07, 6.45) is 4.44. The molecule has 0 heterocycles. The molecule has 4 heteroatoms. The minimum Gasteiger partial charge on any atom is -0.367 e. The van der Waals surface area contributed by atoms with Gasteiger partial charge in [-0.05, 0) is 26.7 Å². The molecule has 1 aliphatic rings. The highest BCUT2D eigenvalue weighted by molar-refractivity contribution is 5.77. The standard InChI is InChI=1S/C12H24N2O2/c1-3-14(4-2)12(15)9-16-11-8-6-5-7-10(11)13/h10-11H,3-9,13H2,1-2H3. The Kier molecular flexibility index (Phi) is 5.77. The Morgan fingerprint density at radius 3 is 2.50 bits per heavy atom. The Hall–Kier alpha value is -0.610. The zero-order valence-electron chi connectivity index (χ0n) is 10.4. The van der Waals surface area contributed by atoms with Gasteiger partial charge in [-0.1, -0.05) is 12.8 Å². The van der Waals surface area contributed by atoms with Crippen LogP contribution in [0.5, 0.6) is 0 Å². The number of likely N-dealkylation sites (N-methyl/N-ethyl adjacent to an activating group) is 1. The Morgan fingerprint density at radius 2 is 1.94 bits per heavy atom. The molecule has 1 fully saturated rings. The Labute approximate surface area is 98.1 Å². The molecule has 0 saturated heterocycles. The molecule has 1 amide bonds. The summed E-state index contributed by atoms with van der Waals surface area (Å²) in [6, 6.07) is 0.109. The van der Waals surface area contributed by atoms with Gasteiger partial charge >= 0.3 is 0 Å². The van der Waals surface area contributed by atoms with Crippen molar-refractivity contribution in [3.63, 3.8) is 0 Å². The molecule has 1 saturated carbocycles. The number of hydrogen-bond donors (Lipinski definition) is 1. The maximum atomic E-state index is 11.7. The van der Waals surface area contributed by atoms with Crippen molar-refractivity contribution in [2.45, 2.75) is 51.7 Å². The first kappa shape index (κ1) is 13.5. The number of carbonyl (C=O) groups excluding carboxylic acids is 1. The number of carbonyl (C=O) groups is 1. The third-order valence-corrected chi connectivity index (χ3v) is 3.29. The molecule has 0 bridgehead atoms. The quantitative estimate of drug-likeness (QED) is 0.767. The summed E-state index contributed by atoms with van der Waals surface area (Å²) >= 11 is 0. The van der Waals surface area contributed by atoms with Crippen molar-refractivity contribution in [3.05, 3.63) is 0 Å². The fourth-order valence-corrected chi connectivity index (χ4v) is 2.18. The number of nitrogens with two attached hydrogens (primary N) is 1. The van der Waals surface area contributed by atoms with Crippen LogP contribution in [0.2, 0.25) is 0 Å². The van der Waals surface area contributed by atoms with Crippen LogP contribution in [0.15, 0.2) is 0 Å². The molecule has 0 radical (unpaired) electrons. The molecule has 2 unspecified atom stereocenters. The Balaban J connectivity index is 2.29. The number of rotatable bonds is 5. The van der Waals surface area contributed by atoms with Gasteiger partial charge in [0.2, 0.25) is 5.91 Å². The predicted octanol–water partition coefficient (Wildman–Crippen LogP) is 1.14. The van der Waals surface area contributed by atoms with Gasteiger partial charge in [0.15, 0.2) is 0 Å². The van der Waals surface area contributed by atoms with E-state index >= 15 is 0 Å².